The first-order valence-corrected chi connectivity index (χ1v) is 9.38. The first-order chi connectivity index (χ1) is 11.9. The number of carbonyl (C=O) groups excluding carboxylic acids is 1. The Bertz CT molecular complexity index is 621. The van der Waals surface area contributed by atoms with Gasteiger partial charge in [0.25, 0.3) is 0 Å². The molecule has 2 aliphatic rings. The highest BCUT2D eigenvalue weighted by atomic mass is 19.1. The van der Waals surface area contributed by atoms with Gasteiger partial charge in [0.05, 0.1) is 6.04 Å². The van der Waals surface area contributed by atoms with Crippen LogP contribution in [0.4, 0.5) is 10.1 Å². The Morgan fingerprint density at radius 3 is 2.76 bits per heavy atom. The van der Waals surface area contributed by atoms with E-state index in [2.05, 4.69) is 30.7 Å². The molecule has 4 atom stereocenters. The van der Waals surface area contributed by atoms with Crippen molar-refractivity contribution in [3.05, 3.63) is 30.1 Å². The molecule has 3 rings (SSSR count). The molecule has 2 N–H and O–H groups in total. The van der Waals surface area contributed by atoms with E-state index in [0.29, 0.717) is 23.8 Å². The van der Waals surface area contributed by atoms with Gasteiger partial charge in [0.15, 0.2) is 0 Å². The van der Waals surface area contributed by atoms with Gasteiger partial charge in [-0.15, -0.1) is 0 Å². The molecule has 25 heavy (non-hydrogen) atoms. The zero-order valence-corrected chi connectivity index (χ0v) is 15.5. The maximum atomic E-state index is 13.5. The molecule has 2 fully saturated rings. The van der Waals surface area contributed by atoms with Crippen molar-refractivity contribution < 1.29 is 9.18 Å². The third-order valence-corrected chi connectivity index (χ3v) is 6.03. The van der Waals surface area contributed by atoms with Crippen molar-refractivity contribution in [2.75, 3.05) is 25.0 Å². The average molecular weight is 347 g/mol. The van der Waals surface area contributed by atoms with Crippen molar-refractivity contribution in [2.24, 2.45) is 23.5 Å². The molecule has 1 saturated carbocycles. The molecule has 1 amide bonds. The van der Waals surface area contributed by atoms with Crippen LogP contribution in [0.15, 0.2) is 24.3 Å². The number of benzene rings is 1. The quantitative estimate of drug-likeness (QED) is 0.861. The number of carbonyl (C=O) groups is 1. The molecule has 0 bridgehead atoms. The lowest BCUT2D eigenvalue weighted by Crippen LogP contribution is -2.50. The highest BCUT2D eigenvalue weighted by Crippen LogP contribution is 2.42. The SMILES string of the molecule is CC(C)C[C@@H](C(N)=O)N(C)[C@H]1CC[C@@H]2CN(c3cccc(F)c3)C[C@@H]21. The molecule has 1 aromatic rings. The van der Waals surface area contributed by atoms with Crippen LogP contribution >= 0.6 is 0 Å². The second kappa shape index (κ2) is 7.32. The number of hydrogen-bond acceptors (Lipinski definition) is 3. The predicted octanol–water partition coefficient (Wildman–Crippen LogP) is 2.87. The van der Waals surface area contributed by atoms with E-state index in [4.69, 9.17) is 5.73 Å². The topological polar surface area (TPSA) is 49.6 Å². The number of rotatable bonds is 6. The zero-order chi connectivity index (χ0) is 18.1. The molecule has 5 heteroatoms. The lowest BCUT2D eigenvalue weighted by atomic mass is 9.94. The number of likely N-dealkylation sites (N-methyl/N-ethyl adjacent to an activating group) is 1. The van der Waals surface area contributed by atoms with E-state index in [-0.39, 0.29) is 17.8 Å². The maximum Gasteiger partial charge on any atom is 0.234 e. The monoisotopic (exact) mass is 347 g/mol. The Balaban J connectivity index is 1.72. The molecular weight excluding hydrogens is 317 g/mol. The summed E-state index contributed by atoms with van der Waals surface area (Å²) in [6.07, 6.45) is 3.08. The van der Waals surface area contributed by atoms with Crippen molar-refractivity contribution >= 4 is 11.6 Å². The maximum absolute atomic E-state index is 13.5. The van der Waals surface area contributed by atoms with Crippen LogP contribution in [0.2, 0.25) is 0 Å². The smallest absolute Gasteiger partial charge is 0.234 e. The van der Waals surface area contributed by atoms with Gasteiger partial charge < -0.3 is 10.6 Å². The van der Waals surface area contributed by atoms with Gasteiger partial charge in [-0.3, -0.25) is 9.69 Å². The number of amides is 1. The Hall–Kier alpha value is -1.62. The van der Waals surface area contributed by atoms with Crippen LogP contribution in [0.25, 0.3) is 0 Å². The van der Waals surface area contributed by atoms with Gasteiger partial charge in [-0.05, 0) is 62.3 Å². The fourth-order valence-electron chi connectivity index (χ4n) is 4.79. The van der Waals surface area contributed by atoms with Gasteiger partial charge >= 0.3 is 0 Å². The highest BCUT2D eigenvalue weighted by Gasteiger charge is 2.45. The van der Waals surface area contributed by atoms with Gasteiger partial charge in [0.1, 0.15) is 5.82 Å². The minimum atomic E-state index is -0.223. The fraction of sp³-hybridized carbons (Fsp3) is 0.650. The van der Waals surface area contributed by atoms with Gasteiger partial charge in [0, 0.05) is 24.8 Å². The van der Waals surface area contributed by atoms with Crippen LogP contribution in [0.3, 0.4) is 0 Å². The number of nitrogens with zero attached hydrogens (tertiary/aromatic N) is 2. The molecule has 1 heterocycles. The van der Waals surface area contributed by atoms with E-state index in [1.807, 2.05) is 6.07 Å². The minimum Gasteiger partial charge on any atom is -0.371 e. The zero-order valence-electron chi connectivity index (χ0n) is 15.5. The second-order valence-corrected chi connectivity index (χ2v) is 8.17. The van der Waals surface area contributed by atoms with Gasteiger partial charge in [-0.25, -0.2) is 4.39 Å². The first kappa shape index (κ1) is 18.2. The molecule has 0 radical (unpaired) electrons. The van der Waals surface area contributed by atoms with E-state index >= 15 is 0 Å². The summed E-state index contributed by atoms with van der Waals surface area (Å²) in [4.78, 5) is 16.5. The molecule has 4 nitrogen and oxygen atoms in total. The molecule has 0 unspecified atom stereocenters. The highest BCUT2D eigenvalue weighted by molar-refractivity contribution is 5.79. The number of fused-ring (bicyclic) bond motifs is 1. The average Bonchev–Trinajstić information content (AvgIpc) is 3.11. The molecule has 138 valence electrons. The van der Waals surface area contributed by atoms with Crippen molar-refractivity contribution in [3.8, 4) is 0 Å². The van der Waals surface area contributed by atoms with Gasteiger partial charge in [0.2, 0.25) is 5.91 Å². The Labute approximate surface area is 150 Å². The second-order valence-electron chi connectivity index (χ2n) is 8.17. The summed E-state index contributed by atoms with van der Waals surface area (Å²) in [6.45, 7) is 6.16. The van der Waals surface area contributed by atoms with Crippen LogP contribution in [-0.4, -0.2) is 43.0 Å². The predicted molar refractivity (Wildman–Crippen MR) is 98.8 cm³/mol. The molecular formula is C20H30FN3O. The first-order valence-electron chi connectivity index (χ1n) is 9.38. The normalized spacial score (nSPS) is 27.1. The van der Waals surface area contributed by atoms with E-state index in [9.17, 15) is 9.18 Å². The summed E-state index contributed by atoms with van der Waals surface area (Å²) >= 11 is 0. The number of hydrogen-bond donors (Lipinski definition) is 1. The summed E-state index contributed by atoms with van der Waals surface area (Å²) in [6, 6.07) is 7.03. The van der Waals surface area contributed by atoms with Crippen molar-refractivity contribution in [1.29, 1.82) is 0 Å². The van der Waals surface area contributed by atoms with Crippen LogP contribution in [0.1, 0.15) is 33.1 Å². The van der Waals surface area contributed by atoms with Gasteiger partial charge in [-0.1, -0.05) is 19.9 Å². The van der Waals surface area contributed by atoms with E-state index in [0.717, 1.165) is 31.6 Å². The standard InChI is InChI=1S/C20H30FN3O/c1-13(2)9-19(20(22)25)23(3)18-8-7-14-11-24(12-17(14)18)16-6-4-5-15(21)10-16/h4-6,10,13-14,17-19H,7-9,11-12H2,1-3H3,(H2,22,25)/t14-,17+,18+,19+/m1/s1. The summed E-state index contributed by atoms with van der Waals surface area (Å²) in [5.41, 5.74) is 6.66. The minimum absolute atomic E-state index is 0.186. The lowest BCUT2D eigenvalue weighted by Gasteiger charge is -2.35. The number of nitrogens with two attached hydrogens (primary N) is 1. The van der Waals surface area contributed by atoms with Crippen molar-refractivity contribution in [3.63, 3.8) is 0 Å². The van der Waals surface area contributed by atoms with E-state index in [1.165, 1.54) is 12.5 Å². The summed E-state index contributed by atoms with van der Waals surface area (Å²) < 4.78 is 13.5. The third kappa shape index (κ3) is 3.81. The summed E-state index contributed by atoms with van der Waals surface area (Å²) in [7, 11) is 2.05. The number of anilines is 1. The van der Waals surface area contributed by atoms with Crippen LogP contribution < -0.4 is 10.6 Å². The third-order valence-electron chi connectivity index (χ3n) is 6.03. The van der Waals surface area contributed by atoms with Crippen LogP contribution in [0, 0.1) is 23.6 Å². The lowest BCUT2D eigenvalue weighted by molar-refractivity contribution is -0.124. The number of primary amides is 1. The molecule has 1 aromatic carbocycles. The van der Waals surface area contributed by atoms with Crippen LogP contribution in [0.5, 0.6) is 0 Å². The molecule has 1 saturated heterocycles. The molecule has 0 spiro atoms. The molecule has 1 aliphatic heterocycles. The van der Waals surface area contributed by atoms with Crippen LogP contribution in [-0.2, 0) is 4.79 Å². The Kier molecular flexibility index (Phi) is 5.32. The summed E-state index contributed by atoms with van der Waals surface area (Å²) in [5.74, 6) is 1.16. The Morgan fingerprint density at radius 2 is 2.12 bits per heavy atom. The van der Waals surface area contributed by atoms with Crippen molar-refractivity contribution in [1.82, 2.24) is 4.90 Å². The molecule has 1 aliphatic carbocycles. The molecule has 0 aromatic heterocycles. The fourth-order valence-corrected chi connectivity index (χ4v) is 4.79. The van der Waals surface area contributed by atoms with E-state index < -0.39 is 0 Å². The largest absolute Gasteiger partial charge is 0.371 e. The van der Waals surface area contributed by atoms with Crippen molar-refractivity contribution in [2.45, 2.75) is 45.2 Å². The summed E-state index contributed by atoms with van der Waals surface area (Å²) in [5, 5.41) is 0. The number of halogens is 1. The van der Waals surface area contributed by atoms with E-state index in [1.54, 1.807) is 12.1 Å². The Morgan fingerprint density at radius 1 is 1.36 bits per heavy atom. The van der Waals surface area contributed by atoms with Gasteiger partial charge in [-0.2, -0.15) is 0 Å².